The van der Waals surface area contributed by atoms with Crippen molar-refractivity contribution < 1.29 is 9.13 Å². The van der Waals surface area contributed by atoms with Crippen molar-refractivity contribution in [3.05, 3.63) is 24.0 Å². The molecule has 0 bridgehead atoms. The van der Waals surface area contributed by atoms with Crippen LogP contribution in [0.4, 0.5) is 10.1 Å². The summed E-state index contributed by atoms with van der Waals surface area (Å²) in [7, 11) is 0. The number of benzene rings is 1. The van der Waals surface area contributed by atoms with Gasteiger partial charge in [-0.15, -0.1) is 0 Å². The highest BCUT2D eigenvalue weighted by Crippen LogP contribution is 2.26. The maximum atomic E-state index is 13.2. The minimum Gasteiger partial charge on any atom is -0.470 e. The summed E-state index contributed by atoms with van der Waals surface area (Å²) in [6, 6.07) is 6.18. The summed E-state index contributed by atoms with van der Waals surface area (Å²) in [6.45, 7) is 1.78. The smallest absolute Gasteiger partial charge is 0.184 e. The van der Waals surface area contributed by atoms with Gasteiger partial charge in [0.05, 0.1) is 5.69 Å². The van der Waals surface area contributed by atoms with Crippen LogP contribution in [0.15, 0.2) is 18.2 Å². The maximum Gasteiger partial charge on any atom is 0.184 e. The lowest BCUT2D eigenvalue weighted by Crippen LogP contribution is -2.14. The van der Waals surface area contributed by atoms with E-state index in [9.17, 15) is 4.39 Å². The molecule has 0 spiro atoms. The molecule has 0 aliphatic heterocycles. The van der Waals surface area contributed by atoms with Gasteiger partial charge in [-0.3, -0.25) is 0 Å². The molecule has 0 aromatic heterocycles. The molecule has 0 aliphatic rings. The zero-order chi connectivity index (χ0) is 10.6. The summed E-state index contributed by atoms with van der Waals surface area (Å²) in [4.78, 5) is 0. The maximum absolute atomic E-state index is 13.2. The Morgan fingerprint density at radius 1 is 1.64 bits per heavy atom. The Morgan fingerprint density at radius 3 is 2.86 bits per heavy atom. The monoisotopic (exact) mass is 194 g/mol. The lowest BCUT2D eigenvalue weighted by molar-refractivity contribution is 0.242. The second-order valence-corrected chi connectivity index (χ2v) is 2.80. The molecule has 0 aliphatic carbocycles. The summed E-state index contributed by atoms with van der Waals surface area (Å²) >= 11 is 0. The zero-order valence-electron chi connectivity index (χ0n) is 7.83. The van der Waals surface area contributed by atoms with Gasteiger partial charge in [0.15, 0.2) is 17.7 Å². The van der Waals surface area contributed by atoms with Gasteiger partial charge >= 0.3 is 0 Å². The van der Waals surface area contributed by atoms with Gasteiger partial charge in [0, 0.05) is 0 Å². The second kappa shape index (κ2) is 4.47. The van der Waals surface area contributed by atoms with Crippen molar-refractivity contribution >= 4 is 5.69 Å². The summed E-state index contributed by atoms with van der Waals surface area (Å²) < 4.78 is 18.3. The van der Waals surface area contributed by atoms with Gasteiger partial charge in [0.2, 0.25) is 0 Å². The van der Waals surface area contributed by atoms with Crippen molar-refractivity contribution in [3.63, 3.8) is 0 Å². The number of hydrogen-bond donors (Lipinski definition) is 1. The summed E-state index contributed by atoms with van der Waals surface area (Å²) in [5.74, 6) is -0.584. The normalized spacial score (nSPS) is 11.8. The Balaban J connectivity index is 2.91. The van der Waals surface area contributed by atoms with Crippen LogP contribution in [0.1, 0.15) is 13.3 Å². The first-order chi connectivity index (χ1) is 6.69. The molecular weight excluding hydrogens is 183 g/mol. The summed E-state index contributed by atoms with van der Waals surface area (Å²) in [5, 5.41) is 8.63. The fourth-order valence-electron chi connectivity index (χ4n) is 0.993. The van der Waals surface area contributed by atoms with Crippen LogP contribution in [0.25, 0.3) is 0 Å². The molecule has 0 fully saturated rings. The van der Waals surface area contributed by atoms with Crippen LogP contribution >= 0.6 is 0 Å². The molecular formula is C10H11FN2O. The predicted molar refractivity (Wildman–Crippen MR) is 51.1 cm³/mol. The topological polar surface area (TPSA) is 59.0 Å². The average molecular weight is 194 g/mol. The first-order valence-corrected chi connectivity index (χ1v) is 4.29. The quantitative estimate of drug-likeness (QED) is 0.749. The highest BCUT2D eigenvalue weighted by Gasteiger charge is 2.12. The van der Waals surface area contributed by atoms with E-state index in [1.807, 2.05) is 6.07 Å². The number of anilines is 1. The number of nitrogens with zero attached hydrogens (tertiary/aromatic N) is 1. The van der Waals surface area contributed by atoms with Crippen LogP contribution in [0.5, 0.6) is 5.75 Å². The lowest BCUT2D eigenvalue weighted by Gasteiger charge is -2.12. The molecule has 0 heterocycles. The number of para-hydroxylation sites is 1. The fourth-order valence-corrected chi connectivity index (χ4v) is 0.993. The Kier molecular flexibility index (Phi) is 3.29. The van der Waals surface area contributed by atoms with E-state index in [2.05, 4.69) is 0 Å². The molecule has 1 aromatic rings. The van der Waals surface area contributed by atoms with E-state index in [4.69, 9.17) is 15.7 Å². The zero-order valence-corrected chi connectivity index (χ0v) is 7.83. The van der Waals surface area contributed by atoms with Crippen molar-refractivity contribution in [1.82, 2.24) is 0 Å². The molecule has 3 nitrogen and oxygen atoms in total. The van der Waals surface area contributed by atoms with Gasteiger partial charge in [-0.05, 0) is 18.6 Å². The molecule has 0 radical (unpaired) electrons. The van der Waals surface area contributed by atoms with Crippen LogP contribution in [0.2, 0.25) is 0 Å². The minimum atomic E-state index is -0.658. The van der Waals surface area contributed by atoms with Gasteiger partial charge in [-0.25, -0.2) is 4.39 Å². The Hall–Kier alpha value is -1.76. The molecule has 2 N–H and O–H groups in total. The Bertz CT molecular complexity index is 339. The van der Waals surface area contributed by atoms with E-state index in [0.29, 0.717) is 6.42 Å². The van der Waals surface area contributed by atoms with Gasteiger partial charge in [0.1, 0.15) is 6.07 Å². The molecule has 4 heteroatoms. The number of nitrogen functional groups attached to an aromatic ring is 1. The third kappa shape index (κ3) is 2.13. The largest absolute Gasteiger partial charge is 0.470 e. The van der Waals surface area contributed by atoms with Gasteiger partial charge in [0.25, 0.3) is 0 Å². The van der Waals surface area contributed by atoms with Crippen molar-refractivity contribution in [2.24, 2.45) is 0 Å². The van der Waals surface area contributed by atoms with Crippen molar-refractivity contribution in [2.75, 3.05) is 5.73 Å². The predicted octanol–water partition coefficient (Wildman–Crippen LogP) is 2.09. The van der Waals surface area contributed by atoms with Gasteiger partial charge in [-0.1, -0.05) is 13.0 Å². The number of nitrogens with two attached hydrogens (primary N) is 1. The molecule has 0 saturated heterocycles. The third-order valence-electron chi connectivity index (χ3n) is 1.77. The van der Waals surface area contributed by atoms with Crippen LogP contribution < -0.4 is 10.5 Å². The number of hydrogen-bond acceptors (Lipinski definition) is 3. The van der Waals surface area contributed by atoms with Crippen LogP contribution in [0.3, 0.4) is 0 Å². The molecule has 1 unspecified atom stereocenters. The van der Waals surface area contributed by atoms with E-state index in [-0.39, 0.29) is 11.4 Å². The average Bonchev–Trinajstić information content (AvgIpc) is 2.18. The lowest BCUT2D eigenvalue weighted by atomic mass is 10.2. The van der Waals surface area contributed by atoms with Crippen LogP contribution in [-0.4, -0.2) is 6.10 Å². The van der Waals surface area contributed by atoms with E-state index < -0.39 is 11.9 Å². The minimum absolute atomic E-state index is 0.0408. The Labute approximate surface area is 81.9 Å². The van der Waals surface area contributed by atoms with Crippen molar-refractivity contribution in [3.8, 4) is 11.8 Å². The second-order valence-electron chi connectivity index (χ2n) is 2.80. The highest BCUT2D eigenvalue weighted by atomic mass is 19.1. The highest BCUT2D eigenvalue weighted by molar-refractivity contribution is 5.53. The first-order valence-electron chi connectivity index (χ1n) is 4.29. The van der Waals surface area contributed by atoms with E-state index in [1.165, 1.54) is 18.2 Å². The van der Waals surface area contributed by atoms with Crippen molar-refractivity contribution in [2.45, 2.75) is 19.4 Å². The van der Waals surface area contributed by atoms with Crippen molar-refractivity contribution in [1.29, 1.82) is 5.26 Å². The van der Waals surface area contributed by atoms with Gasteiger partial charge < -0.3 is 10.5 Å². The molecule has 0 amide bonds. The number of halogens is 1. The Morgan fingerprint density at radius 2 is 2.36 bits per heavy atom. The third-order valence-corrected chi connectivity index (χ3v) is 1.77. The molecule has 14 heavy (non-hydrogen) atoms. The van der Waals surface area contributed by atoms with E-state index >= 15 is 0 Å². The molecule has 1 aromatic carbocycles. The number of rotatable bonds is 3. The SMILES string of the molecule is CCC(C#N)Oc1c(N)cccc1F. The van der Waals surface area contributed by atoms with Crippen LogP contribution in [-0.2, 0) is 0 Å². The molecule has 74 valence electrons. The number of nitriles is 1. The molecule has 1 atom stereocenters. The van der Waals surface area contributed by atoms with Crippen LogP contribution in [0, 0.1) is 17.1 Å². The molecule has 0 saturated carbocycles. The van der Waals surface area contributed by atoms with Gasteiger partial charge in [-0.2, -0.15) is 5.26 Å². The standard InChI is InChI=1S/C10H11FN2O/c1-2-7(6-12)14-10-8(11)4-3-5-9(10)13/h3-5,7H,2,13H2,1H3. The first kappa shape index (κ1) is 10.3. The van der Waals surface area contributed by atoms with E-state index in [0.717, 1.165) is 0 Å². The number of ether oxygens (including phenoxy) is 1. The van der Waals surface area contributed by atoms with E-state index in [1.54, 1.807) is 6.92 Å². The molecule has 1 rings (SSSR count). The fraction of sp³-hybridized carbons (Fsp3) is 0.300. The summed E-state index contributed by atoms with van der Waals surface area (Å²) in [5.41, 5.74) is 5.71. The summed E-state index contributed by atoms with van der Waals surface area (Å²) in [6.07, 6.45) is -0.168.